The van der Waals surface area contributed by atoms with Crippen LogP contribution in [0.4, 0.5) is 0 Å². The number of benzene rings is 4. The molecule has 2 aromatic heterocycles. The molecule has 0 spiro atoms. The fourth-order valence-electron chi connectivity index (χ4n) is 7.71. The van der Waals surface area contributed by atoms with Gasteiger partial charge in [0.05, 0.1) is 11.0 Å². The molecule has 0 N–H and O–H groups in total. The van der Waals surface area contributed by atoms with E-state index in [0.717, 1.165) is 6.42 Å². The lowest BCUT2D eigenvalue weighted by Crippen LogP contribution is -2.03. The first kappa shape index (κ1) is 32.4. The Hall–Kier alpha value is -3.52. The third-order valence-electron chi connectivity index (χ3n) is 10.5. The fourth-order valence-corrected chi connectivity index (χ4v) is 7.71. The van der Waals surface area contributed by atoms with Crippen molar-refractivity contribution in [3.05, 3.63) is 90.0 Å². The zero-order chi connectivity index (χ0) is 31.9. The highest BCUT2D eigenvalue weighted by Gasteiger charge is 2.18. The fraction of sp³-hybridized carbons (Fsp3) is 0.455. The molecule has 1 atom stereocenters. The molecule has 0 aliphatic heterocycles. The second kappa shape index (κ2) is 15.4. The van der Waals surface area contributed by atoms with Gasteiger partial charge in [0.1, 0.15) is 0 Å². The van der Waals surface area contributed by atoms with Gasteiger partial charge in [-0.2, -0.15) is 0 Å². The van der Waals surface area contributed by atoms with Gasteiger partial charge in [0.25, 0.3) is 0 Å². The van der Waals surface area contributed by atoms with Gasteiger partial charge in [0.2, 0.25) is 0 Å². The van der Waals surface area contributed by atoms with Gasteiger partial charge in [-0.3, -0.25) is 0 Å². The predicted molar refractivity (Wildman–Crippen MR) is 203 cm³/mol. The van der Waals surface area contributed by atoms with Crippen LogP contribution in [0.3, 0.4) is 0 Å². The highest BCUT2D eigenvalue weighted by molar-refractivity contribution is 6.12. The SMILES string of the molecule is CCCCCCCCc1ccc2c(c1)c1cc(CCCCCCCC)ccc1n2-c1ccc2c(c1)c1ccccc1n2C(C)CC. The molecule has 46 heavy (non-hydrogen) atoms. The third kappa shape index (κ3) is 6.78. The van der Waals surface area contributed by atoms with Crippen LogP contribution in [-0.2, 0) is 12.8 Å². The molecule has 4 aromatic carbocycles. The van der Waals surface area contributed by atoms with Crippen LogP contribution in [0.1, 0.15) is 128 Å². The second-order valence-corrected chi connectivity index (χ2v) is 13.9. The van der Waals surface area contributed by atoms with Gasteiger partial charge in [-0.05, 0) is 98.7 Å². The van der Waals surface area contributed by atoms with Crippen molar-refractivity contribution in [2.75, 3.05) is 0 Å². The lowest BCUT2D eigenvalue weighted by atomic mass is 10.0. The highest BCUT2D eigenvalue weighted by Crippen LogP contribution is 2.38. The van der Waals surface area contributed by atoms with Crippen LogP contribution in [0.15, 0.2) is 78.9 Å². The van der Waals surface area contributed by atoms with E-state index in [2.05, 4.69) is 116 Å². The third-order valence-corrected chi connectivity index (χ3v) is 10.5. The first-order chi connectivity index (χ1) is 22.6. The maximum absolute atomic E-state index is 2.55. The van der Waals surface area contributed by atoms with Crippen molar-refractivity contribution in [3.8, 4) is 5.69 Å². The van der Waals surface area contributed by atoms with E-state index in [1.165, 1.54) is 150 Å². The van der Waals surface area contributed by atoms with Gasteiger partial charge in [-0.1, -0.05) is 115 Å². The molecule has 0 aliphatic rings. The number of aromatic nitrogens is 2. The number of hydrogen-bond acceptors (Lipinski definition) is 0. The summed E-state index contributed by atoms with van der Waals surface area (Å²) in [7, 11) is 0. The molecule has 6 aromatic rings. The number of fused-ring (bicyclic) bond motifs is 6. The Morgan fingerprint density at radius 2 is 0.978 bits per heavy atom. The van der Waals surface area contributed by atoms with Crippen LogP contribution in [0.5, 0.6) is 0 Å². The van der Waals surface area contributed by atoms with E-state index in [1.54, 1.807) is 0 Å². The zero-order valence-electron chi connectivity index (χ0n) is 29.1. The molecule has 0 amide bonds. The standard InChI is InChI=1S/C44H56N2/c1-5-8-10-12-14-16-20-34-24-27-43-38(30-34)39-31-35(21-17-15-13-11-9-6-2)25-28-44(39)46(43)36-26-29-42-40(32-36)37-22-18-19-23-41(37)45(42)33(4)7-3/h18-19,22-33H,5-17,20-21H2,1-4H3. The lowest BCUT2D eigenvalue weighted by Gasteiger charge is -2.15. The van der Waals surface area contributed by atoms with Gasteiger partial charge in [-0.25, -0.2) is 0 Å². The van der Waals surface area contributed by atoms with E-state index < -0.39 is 0 Å². The summed E-state index contributed by atoms with van der Waals surface area (Å²) < 4.78 is 5.08. The van der Waals surface area contributed by atoms with Gasteiger partial charge in [-0.15, -0.1) is 0 Å². The maximum Gasteiger partial charge on any atom is 0.0541 e. The molecule has 6 rings (SSSR count). The maximum atomic E-state index is 2.55. The molecule has 0 bridgehead atoms. The normalized spacial score (nSPS) is 12.7. The van der Waals surface area contributed by atoms with Gasteiger partial charge < -0.3 is 9.13 Å². The summed E-state index contributed by atoms with van der Waals surface area (Å²) in [5, 5.41) is 5.52. The Morgan fingerprint density at radius 1 is 0.478 bits per heavy atom. The monoisotopic (exact) mass is 612 g/mol. The molecule has 2 nitrogen and oxygen atoms in total. The van der Waals surface area contributed by atoms with Gasteiger partial charge in [0, 0.05) is 44.3 Å². The van der Waals surface area contributed by atoms with Crippen molar-refractivity contribution in [3.63, 3.8) is 0 Å². The van der Waals surface area contributed by atoms with Crippen LogP contribution >= 0.6 is 0 Å². The summed E-state index contributed by atoms with van der Waals surface area (Å²) in [6.45, 7) is 9.24. The number of unbranched alkanes of at least 4 members (excludes halogenated alkanes) is 10. The molecule has 0 fully saturated rings. The van der Waals surface area contributed by atoms with Crippen molar-refractivity contribution < 1.29 is 0 Å². The van der Waals surface area contributed by atoms with Crippen LogP contribution in [0, 0.1) is 0 Å². The van der Waals surface area contributed by atoms with E-state index in [-0.39, 0.29) is 0 Å². The van der Waals surface area contributed by atoms with Crippen LogP contribution in [-0.4, -0.2) is 9.13 Å². The largest absolute Gasteiger partial charge is 0.338 e. The van der Waals surface area contributed by atoms with E-state index in [4.69, 9.17) is 0 Å². The average molecular weight is 613 g/mol. The lowest BCUT2D eigenvalue weighted by molar-refractivity contribution is 0.563. The predicted octanol–water partition coefficient (Wildman–Crippen LogP) is 13.7. The van der Waals surface area contributed by atoms with E-state index in [1.807, 2.05) is 0 Å². The van der Waals surface area contributed by atoms with Crippen LogP contribution in [0.25, 0.3) is 49.3 Å². The van der Waals surface area contributed by atoms with E-state index in [9.17, 15) is 0 Å². The van der Waals surface area contributed by atoms with E-state index >= 15 is 0 Å². The first-order valence-corrected chi connectivity index (χ1v) is 18.7. The summed E-state index contributed by atoms with van der Waals surface area (Å²) in [6.07, 6.45) is 19.6. The van der Waals surface area contributed by atoms with Crippen molar-refractivity contribution in [1.29, 1.82) is 0 Å². The van der Waals surface area contributed by atoms with Crippen LogP contribution < -0.4 is 0 Å². The first-order valence-electron chi connectivity index (χ1n) is 18.7. The minimum Gasteiger partial charge on any atom is -0.338 e. The minimum atomic E-state index is 0.455. The second-order valence-electron chi connectivity index (χ2n) is 13.9. The highest BCUT2D eigenvalue weighted by atomic mass is 15.0. The summed E-state index contributed by atoms with van der Waals surface area (Å²) in [6, 6.07) is 31.2. The molecule has 2 heteroatoms. The van der Waals surface area contributed by atoms with Crippen LogP contribution in [0.2, 0.25) is 0 Å². The van der Waals surface area contributed by atoms with Gasteiger partial charge >= 0.3 is 0 Å². The summed E-state index contributed by atoms with van der Waals surface area (Å²) in [4.78, 5) is 0. The summed E-state index contributed by atoms with van der Waals surface area (Å²) in [5.41, 5.74) is 9.54. The van der Waals surface area contributed by atoms with Crippen molar-refractivity contribution >= 4 is 43.6 Å². The molecule has 242 valence electrons. The van der Waals surface area contributed by atoms with Gasteiger partial charge in [0.15, 0.2) is 0 Å². The Kier molecular flexibility index (Phi) is 10.8. The Labute approximate surface area is 277 Å². The van der Waals surface area contributed by atoms with Crippen molar-refractivity contribution in [1.82, 2.24) is 9.13 Å². The molecule has 1 unspecified atom stereocenters. The molecular formula is C44H56N2. The number of hydrogen-bond donors (Lipinski definition) is 0. The number of rotatable bonds is 17. The zero-order valence-corrected chi connectivity index (χ0v) is 29.1. The average Bonchev–Trinajstić information content (AvgIpc) is 3.59. The molecule has 0 saturated heterocycles. The Balaban J connectivity index is 1.40. The molecule has 0 radical (unpaired) electrons. The molecular weight excluding hydrogens is 556 g/mol. The molecule has 2 heterocycles. The summed E-state index contributed by atoms with van der Waals surface area (Å²) >= 11 is 0. The van der Waals surface area contributed by atoms with Crippen molar-refractivity contribution in [2.45, 2.75) is 130 Å². The number of aryl methyl sites for hydroxylation is 2. The topological polar surface area (TPSA) is 9.86 Å². The van der Waals surface area contributed by atoms with E-state index in [0.29, 0.717) is 6.04 Å². The quantitative estimate of drug-likeness (QED) is 0.0907. The molecule has 0 saturated carbocycles. The molecule has 0 aliphatic carbocycles. The minimum absolute atomic E-state index is 0.455. The Bertz CT molecular complexity index is 1810. The number of para-hydroxylation sites is 1. The number of nitrogens with zero attached hydrogens (tertiary/aromatic N) is 2. The van der Waals surface area contributed by atoms with Crippen molar-refractivity contribution in [2.24, 2.45) is 0 Å². The smallest absolute Gasteiger partial charge is 0.0541 e. The Morgan fingerprint density at radius 3 is 1.57 bits per heavy atom. The summed E-state index contributed by atoms with van der Waals surface area (Å²) in [5.74, 6) is 0.